The molecule has 0 radical (unpaired) electrons. The lowest BCUT2D eigenvalue weighted by atomic mass is 10.1. The first-order valence-corrected chi connectivity index (χ1v) is 12.7. The number of thiophene rings is 1. The van der Waals surface area contributed by atoms with Crippen LogP contribution in [0.25, 0.3) is 10.2 Å². The molecule has 0 N–H and O–H groups in total. The topological polar surface area (TPSA) is 49.3 Å². The van der Waals surface area contributed by atoms with E-state index in [1.165, 1.54) is 34.2 Å². The molecule has 0 spiro atoms. The molecule has 1 saturated heterocycles. The molecule has 0 atom stereocenters. The van der Waals surface area contributed by atoms with Crippen molar-refractivity contribution in [2.45, 2.75) is 59.3 Å². The summed E-state index contributed by atoms with van der Waals surface area (Å²) >= 11 is 1.76. The van der Waals surface area contributed by atoms with Crippen molar-refractivity contribution in [1.82, 2.24) is 14.9 Å². The highest BCUT2D eigenvalue weighted by Gasteiger charge is 2.25. The molecule has 32 heavy (non-hydrogen) atoms. The van der Waals surface area contributed by atoms with Gasteiger partial charge < -0.3 is 9.80 Å². The number of nitrogens with zero attached hydrogens (tertiary/aromatic N) is 4. The second-order valence-electron chi connectivity index (χ2n) is 8.77. The minimum absolute atomic E-state index is 0.306. The van der Waals surface area contributed by atoms with Gasteiger partial charge in [-0.15, -0.1) is 11.3 Å². The molecule has 2 aromatic heterocycles. The van der Waals surface area contributed by atoms with Gasteiger partial charge in [-0.3, -0.25) is 4.79 Å². The number of aromatic nitrogens is 2. The third-order valence-electron chi connectivity index (χ3n) is 6.44. The minimum Gasteiger partial charge on any atom is -0.352 e. The van der Waals surface area contributed by atoms with E-state index in [0.717, 1.165) is 61.9 Å². The summed E-state index contributed by atoms with van der Waals surface area (Å²) in [5, 5.41) is 1.18. The van der Waals surface area contributed by atoms with E-state index in [-0.39, 0.29) is 0 Å². The van der Waals surface area contributed by atoms with E-state index in [2.05, 4.69) is 49.9 Å². The van der Waals surface area contributed by atoms with Gasteiger partial charge in [-0.25, -0.2) is 9.97 Å². The van der Waals surface area contributed by atoms with Gasteiger partial charge in [0.15, 0.2) is 0 Å². The van der Waals surface area contributed by atoms with Gasteiger partial charge in [0.2, 0.25) is 5.91 Å². The second-order valence-corrected chi connectivity index (χ2v) is 9.97. The maximum atomic E-state index is 12.6. The molecule has 0 saturated carbocycles. The van der Waals surface area contributed by atoms with Gasteiger partial charge in [-0.1, -0.05) is 56.5 Å². The SMILES string of the molecule is CCCCCCC(=O)N1CCN(c2nc(Cc3ccccc3)nc3sc(C)c(C)c23)CC1. The molecule has 0 aliphatic carbocycles. The van der Waals surface area contributed by atoms with Crippen molar-refractivity contribution in [3.63, 3.8) is 0 Å². The van der Waals surface area contributed by atoms with Crippen molar-refractivity contribution in [3.8, 4) is 0 Å². The minimum atomic E-state index is 0.306. The Hall–Kier alpha value is -2.47. The lowest BCUT2D eigenvalue weighted by Crippen LogP contribution is -2.49. The first-order chi connectivity index (χ1) is 15.6. The van der Waals surface area contributed by atoms with Gasteiger partial charge >= 0.3 is 0 Å². The number of benzene rings is 1. The highest BCUT2D eigenvalue weighted by atomic mass is 32.1. The van der Waals surface area contributed by atoms with Crippen LogP contribution in [0.4, 0.5) is 5.82 Å². The molecule has 4 rings (SSSR count). The van der Waals surface area contributed by atoms with Crippen molar-refractivity contribution >= 4 is 33.3 Å². The van der Waals surface area contributed by atoms with Crippen molar-refractivity contribution in [3.05, 3.63) is 52.2 Å². The fourth-order valence-corrected chi connectivity index (χ4v) is 5.43. The predicted octanol–water partition coefficient (Wildman–Crippen LogP) is 5.52. The molecule has 170 valence electrons. The number of rotatable bonds is 8. The summed E-state index contributed by atoms with van der Waals surface area (Å²) in [7, 11) is 0. The Labute approximate surface area is 195 Å². The van der Waals surface area contributed by atoms with Crippen LogP contribution in [-0.2, 0) is 11.2 Å². The average molecular weight is 451 g/mol. The molecule has 1 aliphatic rings. The van der Waals surface area contributed by atoms with E-state index < -0.39 is 0 Å². The van der Waals surface area contributed by atoms with E-state index in [1.54, 1.807) is 11.3 Å². The maximum Gasteiger partial charge on any atom is 0.222 e. The first-order valence-electron chi connectivity index (χ1n) is 11.9. The summed E-state index contributed by atoms with van der Waals surface area (Å²) in [6.45, 7) is 9.74. The zero-order valence-corrected chi connectivity index (χ0v) is 20.4. The zero-order chi connectivity index (χ0) is 22.5. The molecule has 1 aliphatic heterocycles. The summed E-state index contributed by atoms with van der Waals surface area (Å²) < 4.78 is 0. The van der Waals surface area contributed by atoms with Crippen molar-refractivity contribution in [1.29, 1.82) is 0 Å². The van der Waals surface area contributed by atoms with Crippen LogP contribution in [-0.4, -0.2) is 47.0 Å². The Kier molecular flexibility index (Phi) is 7.40. The molecule has 3 heterocycles. The third kappa shape index (κ3) is 5.12. The van der Waals surface area contributed by atoms with Gasteiger partial charge in [0.1, 0.15) is 16.5 Å². The average Bonchev–Trinajstić information content (AvgIpc) is 3.10. The lowest BCUT2D eigenvalue weighted by Gasteiger charge is -2.36. The van der Waals surface area contributed by atoms with Crippen molar-refractivity contribution in [2.75, 3.05) is 31.1 Å². The second kappa shape index (κ2) is 10.4. The number of aryl methyl sites for hydroxylation is 2. The molecular formula is C26H34N4OS. The molecule has 3 aromatic rings. The summed E-state index contributed by atoms with van der Waals surface area (Å²) in [5.74, 6) is 2.22. The van der Waals surface area contributed by atoms with Gasteiger partial charge in [0.05, 0.1) is 5.39 Å². The first kappa shape index (κ1) is 22.7. The third-order valence-corrected chi connectivity index (χ3v) is 7.54. The largest absolute Gasteiger partial charge is 0.352 e. The van der Waals surface area contributed by atoms with Gasteiger partial charge in [-0.2, -0.15) is 0 Å². The number of carbonyl (C=O) groups excluding carboxylic acids is 1. The predicted molar refractivity (Wildman–Crippen MR) is 134 cm³/mol. The molecule has 1 fully saturated rings. The van der Waals surface area contributed by atoms with Crippen LogP contribution < -0.4 is 4.90 Å². The number of unbranched alkanes of at least 4 members (excludes halogenated alkanes) is 3. The van der Waals surface area contributed by atoms with Crippen LogP contribution in [0.5, 0.6) is 0 Å². The van der Waals surface area contributed by atoms with E-state index in [0.29, 0.717) is 12.3 Å². The van der Waals surface area contributed by atoms with Crippen LogP contribution in [0.3, 0.4) is 0 Å². The van der Waals surface area contributed by atoms with Gasteiger partial charge in [0, 0.05) is 43.9 Å². The van der Waals surface area contributed by atoms with Crippen LogP contribution in [0, 0.1) is 13.8 Å². The van der Waals surface area contributed by atoms with Gasteiger partial charge in [0.25, 0.3) is 0 Å². The van der Waals surface area contributed by atoms with Crippen LogP contribution in [0.2, 0.25) is 0 Å². The molecule has 0 unspecified atom stereocenters. The Morgan fingerprint density at radius 1 is 1.00 bits per heavy atom. The van der Waals surface area contributed by atoms with Gasteiger partial charge in [-0.05, 0) is 31.4 Å². The van der Waals surface area contributed by atoms with E-state index in [9.17, 15) is 4.79 Å². The normalized spacial score (nSPS) is 14.3. The molecular weight excluding hydrogens is 416 g/mol. The highest BCUT2D eigenvalue weighted by Crippen LogP contribution is 2.35. The van der Waals surface area contributed by atoms with E-state index in [1.807, 2.05) is 11.0 Å². The quantitative estimate of drug-likeness (QED) is 0.424. The number of fused-ring (bicyclic) bond motifs is 1. The van der Waals surface area contributed by atoms with Crippen LogP contribution >= 0.6 is 11.3 Å². The molecule has 1 aromatic carbocycles. The van der Waals surface area contributed by atoms with Crippen LogP contribution in [0.1, 0.15) is 60.9 Å². The smallest absolute Gasteiger partial charge is 0.222 e. The van der Waals surface area contributed by atoms with Crippen LogP contribution in [0.15, 0.2) is 30.3 Å². The molecule has 1 amide bonds. The van der Waals surface area contributed by atoms with E-state index >= 15 is 0 Å². The zero-order valence-electron chi connectivity index (χ0n) is 19.6. The van der Waals surface area contributed by atoms with Crippen molar-refractivity contribution in [2.24, 2.45) is 0 Å². The number of piperazine rings is 1. The number of carbonyl (C=O) groups is 1. The molecule has 5 nitrogen and oxygen atoms in total. The Morgan fingerprint density at radius 2 is 1.75 bits per heavy atom. The standard InChI is InChI=1S/C26H34N4OS/c1-4-5-6-10-13-23(31)29-14-16-30(17-15-29)25-24-19(2)20(3)32-26(24)28-22(27-25)18-21-11-8-7-9-12-21/h7-9,11-12H,4-6,10,13-18H2,1-3H3. The van der Waals surface area contributed by atoms with E-state index in [4.69, 9.17) is 9.97 Å². The highest BCUT2D eigenvalue weighted by molar-refractivity contribution is 7.18. The van der Waals surface area contributed by atoms with Crippen molar-refractivity contribution < 1.29 is 4.79 Å². The Balaban J connectivity index is 1.51. The summed E-state index contributed by atoms with van der Waals surface area (Å²) in [5.41, 5.74) is 2.50. The summed E-state index contributed by atoms with van der Waals surface area (Å²) in [6.07, 6.45) is 6.00. The monoisotopic (exact) mass is 450 g/mol. The fourth-order valence-electron chi connectivity index (χ4n) is 4.39. The number of hydrogen-bond donors (Lipinski definition) is 0. The number of hydrogen-bond acceptors (Lipinski definition) is 5. The number of anilines is 1. The Morgan fingerprint density at radius 3 is 2.47 bits per heavy atom. The fraction of sp³-hybridized carbons (Fsp3) is 0.500. The molecule has 0 bridgehead atoms. The maximum absolute atomic E-state index is 12.6. The summed E-state index contributed by atoms with van der Waals surface area (Å²) in [6, 6.07) is 10.4. The summed E-state index contributed by atoms with van der Waals surface area (Å²) in [4.78, 5) is 29.4. The lowest BCUT2D eigenvalue weighted by molar-refractivity contribution is -0.131. The molecule has 6 heteroatoms. The Bertz CT molecular complexity index is 1050. The number of amides is 1.